The van der Waals surface area contributed by atoms with E-state index in [-0.39, 0.29) is 24.0 Å². The summed E-state index contributed by atoms with van der Waals surface area (Å²) in [5.74, 6) is -0.371. The number of aromatic nitrogens is 4. The van der Waals surface area contributed by atoms with Gasteiger partial charge in [0.2, 0.25) is 5.95 Å². The summed E-state index contributed by atoms with van der Waals surface area (Å²) >= 11 is 0. The molecule has 3 rings (SSSR count). The topological polar surface area (TPSA) is 107 Å². The van der Waals surface area contributed by atoms with Gasteiger partial charge in [-0.15, -0.1) is 0 Å². The van der Waals surface area contributed by atoms with Gasteiger partial charge >= 0.3 is 0 Å². The predicted molar refractivity (Wildman–Crippen MR) is 92.4 cm³/mol. The Balaban J connectivity index is 1.65. The molecule has 0 aromatic carbocycles. The molecule has 2 N–H and O–H groups in total. The number of hydrogen-bond acceptors (Lipinski definition) is 8. The van der Waals surface area contributed by atoms with Crippen LogP contribution in [0.15, 0.2) is 24.8 Å². The third-order valence-corrected chi connectivity index (χ3v) is 4.11. The zero-order valence-corrected chi connectivity index (χ0v) is 14.5. The fourth-order valence-corrected chi connectivity index (χ4v) is 2.76. The minimum atomic E-state index is -0.819. The van der Waals surface area contributed by atoms with Crippen LogP contribution in [0.3, 0.4) is 0 Å². The molecule has 2 aromatic heterocycles. The van der Waals surface area contributed by atoms with E-state index in [1.807, 2.05) is 0 Å². The highest BCUT2D eigenvalue weighted by atomic mass is 19.1. The molecule has 1 saturated heterocycles. The number of carbonyl (C=O) groups excluding carboxylic acids is 1. The highest BCUT2D eigenvalue weighted by Gasteiger charge is 2.31. The maximum absolute atomic E-state index is 13.7. The molecule has 9 nitrogen and oxygen atoms in total. The number of nitrogens with one attached hydrogen (secondary N) is 1. The maximum Gasteiger partial charge on any atom is 0.271 e. The van der Waals surface area contributed by atoms with Crippen LogP contribution in [-0.2, 0) is 0 Å². The number of aliphatic hydroxyl groups excluding tert-OH is 1. The van der Waals surface area contributed by atoms with Gasteiger partial charge in [-0.05, 0) is 6.42 Å². The Hall–Kier alpha value is -2.88. The zero-order chi connectivity index (χ0) is 18.7. The van der Waals surface area contributed by atoms with E-state index in [2.05, 4.69) is 25.3 Å². The monoisotopic (exact) mass is 361 g/mol. The van der Waals surface area contributed by atoms with E-state index in [1.165, 1.54) is 18.6 Å². The van der Waals surface area contributed by atoms with Crippen molar-refractivity contribution >= 4 is 17.7 Å². The Morgan fingerprint density at radius 2 is 2.15 bits per heavy atom. The molecular formula is C16H20FN7O2. The zero-order valence-electron chi connectivity index (χ0n) is 14.5. The highest BCUT2D eigenvalue weighted by Crippen LogP contribution is 2.21. The fourth-order valence-electron chi connectivity index (χ4n) is 2.76. The second-order valence-electron chi connectivity index (χ2n) is 6.21. The molecule has 0 radical (unpaired) electrons. The minimum Gasteiger partial charge on any atom is -0.389 e. The van der Waals surface area contributed by atoms with Crippen molar-refractivity contribution in [3.8, 4) is 0 Å². The van der Waals surface area contributed by atoms with Crippen molar-refractivity contribution in [1.29, 1.82) is 0 Å². The van der Waals surface area contributed by atoms with Crippen LogP contribution >= 0.6 is 0 Å². The first-order valence-electron chi connectivity index (χ1n) is 8.15. The number of carbonyl (C=O) groups is 1. The van der Waals surface area contributed by atoms with Gasteiger partial charge in [0.05, 0.1) is 24.5 Å². The Kier molecular flexibility index (Phi) is 5.21. The molecule has 3 heterocycles. The van der Waals surface area contributed by atoms with E-state index in [4.69, 9.17) is 0 Å². The van der Waals surface area contributed by atoms with Crippen molar-refractivity contribution in [3.05, 3.63) is 36.3 Å². The lowest BCUT2D eigenvalue weighted by Gasteiger charge is -2.36. The summed E-state index contributed by atoms with van der Waals surface area (Å²) in [6, 6.07) is -0.422. The molecule has 2 atom stereocenters. The van der Waals surface area contributed by atoms with Gasteiger partial charge < -0.3 is 20.2 Å². The van der Waals surface area contributed by atoms with E-state index in [0.29, 0.717) is 18.9 Å². The molecule has 26 heavy (non-hydrogen) atoms. The van der Waals surface area contributed by atoms with Crippen LogP contribution in [0.1, 0.15) is 16.9 Å². The third kappa shape index (κ3) is 3.85. The summed E-state index contributed by atoms with van der Waals surface area (Å²) in [5, 5.41) is 13.2. The third-order valence-electron chi connectivity index (χ3n) is 4.11. The van der Waals surface area contributed by atoms with Gasteiger partial charge in [-0.25, -0.2) is 14.4 Å². The average Bonchev–Trinajstić information content (AvgIpc) is 2.64. The molecule has 0 bridgehead atoms. The average molecular weight is 361 g/mol. The number of amides is 1. The number of anilines is 2. The van der Waals surface area contributed by atoms with Crippen molar-refractivity contribution in [2.45, 2.75) is 18.6 Å². The standard InChI is InChI=1S/C16H20FN7O2/c1-23(2)14-10(17)7-20-16(22-14)24-6-3-11(13(25)9-24)21-15(26)12-8-18-4-5-19-12/h4-5,7-8,11,13,25H,3,6,9H2,1-2H3,(H,21,26)/t11-,13-/m1/s1. The quantitative estimate of drug-likeness (QED) is 0.774. The minimum absolute atomic E-state index is 0.183. The van der Waals surface area contributed by atoms with Gasteiger partial charge in [0.15, 0.2) is 11.6 Å². The van der Waals surface area contributed by atoms with Gasteiger partial charge in [0.25, 0.3) is 5.91 Å². The Labute approximate surface area is 149 Å². The SMILES string of the molecule is CN(C)c1nc(N2CC[C@@H](NC(=O)c3cnccn3)[C@H](O)C2)ncc1F. The number of rotatable bonds is 4. The Morgan fingerprint density at radius 1 is 1.35 bits per heavy atom. The van der Waals surface area contributed by atoms with Gasteiger partial charge in [-0.2, -0.15) is 4.98 Å². The first kappa shape index (κ1) is 17.9. The first-order valence-corrected chi connectivity index (χ1v) is 8.15. The van der Waals surface area contributed by atoms with Gasteiger partial charge in [-0.1, -0.05) is 0 Å². The highest BCUT2D eigenvalue weighted by molar-refractivity contribution is 5.92. The number of β-amino-alcohol motifs (C(OH)–C–C–N with tert-alkyl or cyclic N) is 1. The molecule has 138 valence electrons. The number of hydrogen-bond donors (Lipinski definition) is 2. The molecule has 10 heteroatoms. The maximum atomic E-state index is 13.7. The van der Waals surface area contributed by atoms with Crippen molar-refractivity contribution in [2.24, 2.45) is 0 Å². The Morgan fingerprint density at radius 3 is 2.81 bits per heavy atom. The molecule has 1 aliphatic rings. The lowest BCUT2D eigenvalue weighted by Crippen LogP contribution is -2.54. The van der Waals surface area contributed by atoms with E-state index in [0.717, 1.165) is 6.20 Å². The summed E-state index contributed by atoms with van der Waals surface area (Å²) in [6.45, 7) is 0.741. The first-order chi connectivity index (χ1) is 12.5. The van der Waals surface area contributed by atoms with Crippen LogP contribution in [0.25, 0.3) is 0 Å². The summed E-state index contributed by atoms with van der Waals surface area (Å²) < 4.78 is 13.7. The largest absolute Gasteiger partial charge is 0.389 e. The normalized spacial score (nSPS) is 19.9. The molecule has 0 unspecified atom stereocenters. The van der Waals surface area contributed by atoms with Crippen LogP contribution in [0, 0.1) is 5.82 Å². The molecule has 2 aromatic rings. The summed E-state index contributed by atoms with van der Waals surface area (Å²) in [4.78, 5) is 31.5. The van der Waals surface area contributed by atoms with E-state index < -0.39 is 18.0 Å². The van der Waals surface area contributed by atoms with Crippen LogP contribution in [0.4, 0.5) is 16.2 Å². The van der Waals surface area contributed by atoms with Crippen LogP contribution < -0.4 is 15.1 Å². The Bertz CT molecular complexity index is 774. The van der Waals surface area contributed by atoms with Gasteiger partial charge in [-0.3, -0.25) is 9.78 Å². The fraction of sp³-hybridized carbons (Fsp3) is 0.438. The molecule has 0 aliphatic carbocycles. The van der Waals surface area contributed by atoms with Crippen LogP contribution in [-0.4, -0.2) is 70.3 Å². The van der Waals surface area contributed by atoms with Gasteiger partial charge in [0, 0.05) is 39.6 Å². The van der Waals surface area contributed by atoms with E-state index in [9.17, 15) is 14.3 Å². The van der Waals surface area contributed by atoms with Crippen LogP contribution in [0.2, 0.25) is 0 Å². The van der Waals surface area contributed by atoms with Crippen molar-refractivity contribution in [3.63, 3.8) is 0 Å². The van der Waals surface area contributed by atoms with Crippen molar-refractivity contribution < 1.29 is 14.3 Å². The van der Waals surface area contributed by atoms with Crippen molar-refractivity contribution in [1.82, 2.24) is 25.3 Å². The number of halogens is 1. The smallest absolute Gasteiger partial charge is 0.271 e. The summed E-state index contributed by atoms with van der Waals surface area (Å²) in [7, 11) is 3.39. The lowest BCUT2D eigenvalue weighted by molar-refractivity contribution is 0.0792. The molecular weight excluding hydrogens is 341 g/mol. The molecule has 1 amide bonds. The molecule has 0 saturated carbocycles. The van der Waals surface area contributed by atoms with Crippen molar-refractivity contribution in [2.75, 3.05) is 37.0 Å². The van der Waals surface area contributed by atoms with Gasteiger partial charge in [0.1, 0.15) is 5.69 Å². The lowest BCUT2D eigenvalue weighted by atomic mass is 10.0. The van der Waals surface area contributed by atoms with Crippen LogP contribution in [0.5, 0.6) is 0 Å². The number of aliphatic hydroxyl groups is 1. The number of piperidine rings is 1. The molecule has 1 aliphatic heterocycles. The predicted octanol–water partition coefficient (Wildman–Crippen LogP) is -0.159. The van der Waals surface area contributed by atoms with E-state index in [1.54, 1.807) is 23.9 Å². The summed E-state index contributed by atoms with van der Waals surface area (Å²) in [6.07, 6.45) is 5.07. The second-order valence-corrected chi connectivity index (χ2v) is 6.21. The molecule has 0 spiro atoms. The summed E-state index contributed by atoms with van der Waals surface area (Å²) in [5.41, 5.74) is 0.194. The molecule has 1 fully saturated rings. The second kappa shape index (κ2) is 7.56. The number of nitrogens with zero attached hydrogens (tertiary/aromatic N) is 6. The van der Waals surface area contributed by atoms with E-state index >= 15 is 0 Å².